The molecule has 0 radical (unpaired) electrons. The summed E-state index contributed by atoms with van der Waals surface area (Å²) in [6.45, 7) is 2.45. The number of nitrogens with one attached hydrogen (secondary N) is 1. The van der Waals surface area contributed by atoms with E-state index in [9.17, 15) is 18.9 Å². The third kappa shape index (κ3) is 3.66. The number of nitrogens with zero attached hydrogens (tertiary/aromatic N) is 2. The van der Waals surface area contributed by atoms with Gasteiger partial charge in [-0.15, -0.1) is 0 Å². The Morgan fingerprint density at radius 2 is 2.10 bits per heavy atom. The molecule has 1 N–H and O–H groups in total. The third-order valence-corrected chi connectivity index (χ3v) is 3.54. The SMILES string of the molecule is CCNc1ccc([N+](=O)[O-])c(Sc2ccc(F)cc2F)n1. The number of benzene rings is 1. The predicted octanol–water partition coefficient (Wildman–Crippen LogP) is 3.85. The minimum Gasteiger partial charge on any atom is -0.370 e. The van der Waals surface area contributed by atoms with E-state index >= 15 is 0 Å². The van der Waals surface area contributed by atoms with Crippen molar-refractivity contribution in [2.75, 3.05) is 11.9 Å². The molecule has 1 heterocycles. The lowest BCUT2D eigenvalue weighted by Crippen LogP contribution is -2.01. The Kier molecular flexibility index (Phi) is 4.69. The second-order valence-electron chi connectivity index (χ2n) is 3.99. The Hall–Kier alpha value is -2.22. The molecule has 0 saturated carbocycles. The van der Waals surface area contributed by atoms with Crippen LogP contribution in [0.25, 0.3) is 0 Å². The van der Waals surface area contributed by atoms with E-state index < -0.39 is 16.6 Å². The number of pyridine rings is 1. The first-order valence-electron chi connectivity index (χ1n) is 6.03. The van der Waals surface area contributed by atoms with Crippen LogP contribution < -0.4 is 5.32 Å². The molecule has 2 rings (SSSR count). The van der Waals surface area contributed by atoms with Crippen LogP contribution in [0.4, 0.5) is 20.3 Å². The lowest BCUT2D eigenvalue weighted by atomic mass is 10.3. The summed E-state index contributed by atoms with van der Waals surface area (Å²) < 4.78 is 26.5. The number of hydrogen-bond acceptors (Lipinski definition) is 5. The summed E-state index contributed by atoms with van der Waals surface area (Å²) in [6, 6.07) is 5.82. The van der Waals surface area contributed by atoms with Gasteiger partial charge in [0.25, 0.3) is 0 Å². The van der Waals surface area contributed by atoms with E-state index in [-0.39, 0.29) is 15.6 Å². The Morgan fingerprint density at radius 1 is 1.33 bits per heavy atom. The maximum Gasteiger partial charge on any atom is 0.301 e. The van der Waals surface area contributed by atoms with Gasteiger partial charge in [-0.25, -0.2) is 13.8 Å². The highest BCUT2D eigenvalue weighted by atomic mass is 32.2. The van der Waals surface area contributed by atoms with Crippen LogP contribution in [0.2, 0.25) is 0 Å². The fourth-order valence-corrected chi connectivity index (χ4v) is 2.48. The second kappa shape index (κ2) is 6.49. The second-order valence-corrected chi connectivity index (χ2v) is 5.02. The maximum atomic E-state index is 13.6. The van der Waals surface area contributed by atoms with Crippen molar-refractivity contribution in [1.29, 1.82) is 0 Å². The molecule has 2 aromatic rings. The molecule has 0 aliphatic carbocycles. The molecule has 0 aliphatic heterocycles. The van der Waals surface area contributed by atoms with Gasteiger partial charge in [0.2, 0.25) is 0 Å². The third-order valence-electron chi connectivity index (χ3n) is 2.50. The first kappa shape index (κ1) is 15.2. The zero-order valence-electron chi connectivity index (χ0n) is 11.0. The molecule has 21 heavy (non-hydrogen) atoms. The van der Waals surface area contributed by atoms with Gasteiger partial charge in [0.15, 0.2) is 5.03 Å². The number of aromatic nitrogens is 1. The van der Waals surface area contributed by atoms with Crippen molar-refractivity contribution < 1.29 is 13.7 Å². The Balaban J connectivity index is 2.40. The van der Waals surface area contributed by atoms with Crippen molar-refractivity contribution in [2.45, 2.75) is 16.8 Å². The molecule has 0 amide bonds. The summed E-state index contributed by atoms with van der Waals surface area (Å²) in [6.07, 6.45) is 0. The average molecular weight is 311 g/mol. The summed E-state index contributed by atoms with van der Waals surface area (Å²) in [4.78, 5) is 14.6. The topological polar surface area (TPSA) is 68.1 Å². The molecular formula is C13H11F2N3O2S. The highest BCUT2D eigenvalue weighted by molar-refractivity contribution is 7.99. The van der Waals surface area contributed by atoms with Gasteiger partial charge in [-0.05, 0) is 25.1 Å². The van der Waals surface area contributed by atoms with Crippen LogP contribution in [-0.2, 0) is 0 Å². The highest BCUT2D eigenvalue weighted by Crippen LogP contribution is 2.35. The number of nitro groups is 1. The van der Waals surface area contributed by atoms with Crippen molar-refractivity contribution in [1.82, 2.24) is 4.98 Å². The smallest absolute Gasteiger partial charge is 0.301 e. The fourth-order valence-electron chi connectivity index (χ4n) is 1.59. The van der Waals surface area contributed by atoms with E-state index in [0.29, 0.717) is 12.4 Å². The number of anilines is 1. The monoisotopic (exact) mass is 311 g/mol. The van der Waals surface area contributed by atoms with E-state index in [1.54, 1.807) is 0 Å². The van der Waals surface area contributed by atoms with Crippen molar-refractivity contribution in [3.8, 4) is 0 Å². The predicted molar refractivity (Wildman–Crippen MR) is 75.5 cm³/mol. The number of halogens is 2. The van der Waals surface area contributed by atoms with Crippen LogP contribution in [0, 0.1) is 21.7 Å². The van der Waals surface area contributed by atoms with Gasteiger partial charge in [-0.2, -0.15) is 0 Å². The molecule has 0 aliphatic rings. The summed E-state index contributed by atoms with van der Waals surface area (Å²) in [5, 5.41) is 14.0. The zero-order chi connectivity index (χ0) is 15.4. The van der Waals surface area contributed by atoms with Gasteiger partial charge >= 0.3 is 5.69 Å². The Labute approximate surface area is 123 Å². The minimum atomic E-state index is -0.787. The van der Waals surface area contributed by atoms with E-state index in [0.717, 1.165) is 23.9 Å². The van der Waals surface area contributed by atoms with E-state index in [1.165, 1.54) is 18.2 Å². The molecule has 0 atom stereocenters. The molecule has 0 spiro atoms. The molecule has 110 valence electrons. The van der Waals surface area contributed by atoms with Crippen LogP contribution in [0.1, 0.15) is 6.92 Å². The molecular weight excluding hydrogens is 300 g/mol. The lowest BCUT2D eigenvalue weighted by molar-refractivity contribution is -0.388. The maximum absolute atomic E-state index is 13.6. The molecule has 0 fully saturated rings. The highest BCUT2D eigenvalue weighted by Gasteiger charge is 2.19. The lowest BCUT2D eigenvalue weighted by Gasteiger charge is -2.07. The van der Waals surface area contributed by atoms with Crippen molar-refractivity contribution in [3.05, 3.63) is 52.1 Å². The van der Waals surface area contributed by atoms with E-state index in [4.69, 9.17) is 0 Å². The van der Waals surface area contributed by atoms with Crippen LogP contribution in [-0.4, -0.2) is 16.5 Å². The quantitative estimate of drug-likeness (QED) is 0.671. The summed E-state index contributed by atoms with van der Waals surface area (Å²) in [5.41, 5.74) is -0.231. The summed E-state index contributed by atoms with van der Waals surface area (Å²) in [5.74, 6) is -1.04. The zero-order valence-corrected chi connectivity index (χ0v) is 11.8. The van der Waals surface area contributed by atoms with Crippen LogP contribution in [0.15, 0.2) is 40.3 Å². The van der Waals surface area contributed by atoms with Gasteiger partial charge < -0.3 is 5.32 Å². The Morgan fingerprint density at radius 3 is 2.71 bits per heavy atom. The fraction of sp³-hybridized carbons (Fsp3) is 0.154. The number of rotatable bonds is 5. The van der Waals surface area contributed by atoms with Crippen molar-refractivity contribution in [3.63, 3.8) is 0 Å². The standard InChI is InChI=1S/C13H11F2N3O2S/c1-2-16-12-6-4-10(18(19)20)13(17-12)21-11-5-3-8(14)7-9(11)15/h3-7H,2H2,1H3,(H,16,17). The van der Waals surface area contributed by atoms with Gasteiger partial charge in [-0.1, -0.05) is 11.8 Å². The molecule has 1 aromatic carbocycles. The van der Waals surface area contributed by atoms with Crippen LogP contribution in [0.3, 0.4) is 0 Å². The van der Waals surface area contributed by atoms with Gasteiger partial charge in [0.05, 0.1) is 4.92 Å². The molecule has 0 bridgehead atoms. The van der Waals surface area contributed by atoms with Gasteiger partial charge in [-0.3, -0.25) is 10.1 Å². The summed E-state index contributed by atoms with van der Waals surface area (Å²) in [7, 11) is 0. The summed E-state index contributed by atoms with van der Waals surface area (Å²) >= 11 is 0.783. The molecule has 0 unspecified atom stereocenters. The first-order chi connectivity index (χ1) is 10.0. The first-order valence-corrected chi connectivity index (χ1v) is 6.85. The van der Waals surface area contributed by atoms with Crippen LogP contribution >= 0.6 is 11.8 Å². The normalized spacial score (nSPS) is 10.4. The molecule has 5 nitrogen and oxygen atoms in total. The van der Waals surface area contributed by atoms with Crippen molar-refractivity contribution in [2.24, 2.45) is 0 Å². The van der Waals surface area contributed by atoms with E-state index in [1.807, 2.05) is 6.92 Å². The number of hydrogen-bond donors (Lipinski definition) is 1. The Bertz CT molecular complexity index is 682. The molecule has 1 aromatic heterocycles. The average Bonchev–Trinajstić information content (AvgIpc) is 2.42. The van der Waals surface area contributed by atoms with Crippen LogP contribution in [0.5, 0.6) is 0 Å². The molecule has 0 saturated heterocycles. The van der Waals surface area contributed by atoms with Gasteiger partial charge in [0, 0.05) is 23.6 Å². The largest absolute Gasteiger partial charge is 0.370 e. The van der Waals surface area contributed by atoms with Gasteiger partial charge in [0.1, 0.15) is 17.5 Å². The molecule has 8 heteroatoms. The van der Waals surface area contributed by atoms with E-state index in [2.05, 4.69) is 10.3 Å². The minimum absolute atomic E-state index is 0.0453. The van der Waals surface area contributed by atoms with Crippen molar-refractivity contribution >= 4 is 23.3 Å².